The van der Waals surface area contributed by atoms with E-state index < -0.39 is 0 Å². The van der Waals surface area contributed by atoms with Gasteiger partial charge in [0.25, 0.3) is 0 Å². The highest BCUT2D eigenvalue weighted by molar-refractivity contribution is 5.36. The maximum atomic E-state index is 13.8. The summed E-state index contributed by atoms with van der Waals surface area (Å²) in [5.41, 5.74) is 6.62. The van der Waals surface area contributed by atoms with Crippen molar-refractivity contribution in [2.24, 2.45) is 5.73 Å². The highest BCUT2D eigenvalue weighted by atomic mass is 19.1. The number of rotatable bonds is 4. The van der Waals surface area contributed by atoms with Crippen LogP contribution in [-0.4, -0.2) is 25.9 Å². The third-order valence-corrected chi connectivity index (χ3v) is 3.40. The molecule has 0 saturated carbocycles. The second kappa shape index (κ2) is 4.63. The van der Waals surface area contributed by atoms with E-state index in [1.807, 2.05) is 19.9 Å². The van der Waals surface area contributed by atoms with Crippen LogP contribution in [0.25, 0.3) is 0 Å². The topological polar surface area (TPSA) is 44.5 Å². The van der Waals surface area contributed by atoms with E-state index in [0.29, 0.717) is 19.8 Å². The number of ether oxygens (including phenoxy) is 2. The third kappa shape index (κ3) is 2.03. The van der Waals surface area contributed by atoms with Crippen LogP contribution < -0.4 is 10.5 Å². The lowest BCUT2D eigenvalue weighted by Crippen LogP contribution is -2.57. The molecule has 1 aliphatic heterocycles. The number of hydrogen-bond acceptors (Lipinski definition) is 3. The van der Waals surface area contributed by atoms with Gasteiger partial charge in [-0.15, -0.1) is 0 Å². The lowest BCUT2D eigenvalue weighted by atomic mass is 9.73. The summed E-state index contributed by atoms with van der Waals surface area (Å²) in [6, 6.07) is 4.99. The van der Waals surface area contributed by atoms with E-state index in [9.17, 15) is 4.39 Å². The summed E-state index contributed by atoms with van der Waals surface area (Å²) in [6.45, 7) is 5.32. The highest BCUT2D eigenvalue weighted by Crippen LogP contribution is 2.36. The molecule has 0 radical (unpaired) electrons. The molecular weight excluding hydrogens is 221 g/mol. The van der Waals surface area contributed by atoms with E-state index in [2.05, 4.69) is 0 Å². The molecule has 1 aliphatic rings. The molecule has 1 aromatic rings. The fourth-order valence-electron chi connectivity index (χ4n) is 2.10. The first-order valence-corrected chi connectivity index (χ1v) is 5.86. The number of hydrogen-bond donors (Lipinski definition) is 1. The number of halogens is 1. The molecular formula is C13H18FNO2. The smallest absolute Gasteiger partial charge is 0.165 e. The first-order valence-electron chi connectivity index (χ1n) is 5.86. The molecule has 1 unspecified atom stereocenters. The molecule has 94 valence electrons. The zero-order valence-electron chi connectivity index (χ0n) is 10.2. The second-order valence-electron chi connectivity index (χ2n) is 4.52. The van der Waals surface area contributed by atoms with Crippen LogP contribution in [0.4, 0.5) is 4.39 Å². The fraction of sp³-hybridized carbons (Fsp3) is 0.538. The predicted molar refractivity (Wildman–Crippen MR) is 63.7 cm³/mol. The molecule has 1 heterocycles. The van der Waals surface area contributed by atoms with Gasteiger partial charge in [-0.1, -0.05) is 6.07 Å². The molecule has 2 N–H and O–H groups in total. The fourth-order valence-corrected chi connectivity index (χ4v) is 2.10. The van der Waals surface area contributed by atoms with Crippen molar-refractivity contribution in [2.75, 3.05) is 19.8 Å². The van der Waals surface area contributed by atoms with Gasteiger partial charge in [-0.25, -0.2) is 4.39 Å². The molecule has 0 aromatic heterocycles. The normalized spacial score (nSPS) is 19.5. The second-order valence-corrected chi connectivity index (χ2v) is 4.52. The van der Waals surface area contributed by atoms with Crippen molar-refractivity contribution >= 4 is 0 Å². The zero-order chi connectivity index (χ0) is 12.5. The van der Waals surface area contributed by atoms with Gasteiger partial charge >= 0.3 is 0 Å². The molecule has 0 aliphatic carbocycles. The summed E-state index contributed by atoms with van der Waals surface area (Å²) in [5.74, 6) is -0.0485. The van der Waals surface area contributed by atoms with Crippen molar-refractivity contribution in [3.8, 4) is 5.75 Å². The van der Waals surface area contributed by atoms with E-state index >= 15 is 0 Å². The molecule has 3 nitrogen and oxygen atoms in total. The Bertz CT molecular complexity index is 402. The average molecular weight is 239 g/mol. The van der Waals surface area contributed by atoms with E-state index in [1.165, 1.54) is 6.07 Å². The van der Waals surface area contributed by atoms with Crippen LogP contribution in [0.15, 0.2) is 18.2 Å². The van der Waals surface area contributed by atoms with Crippen molar-refractivity contribution in [3.63, 3.8) is 0 Å². The molecule has 17 heavy (non-hydrogen) atoms. The molecule has 1 saturated heterocycles. The average Bonchev–Trinajstić information content (AvgIpc) is 2.20. The highest BCUT2D eigenvalue weighted by Gasteiger charge is 2.44. The van der Waals surface area contributed by atoms with E-state index in [-0.39, 0.29) is 23.0 Å². The Hall–Kier alpha value is -1.13. The zero-order valence-corrected chi connectivity index (χ0v) is 10.2. The molecule has 1 aromatic carbocycles. The summed E-state index contributed by atoms with van der Waals surface area (Å²) in [4.78, 5) is 0. The Kier molecular flexibility index (Phi) is 3.35. The van der Waals surface area contributed by atoms with Crippen molar-refractivity contribution in [1.29, 1.82) is 0 Å². The minimum atomic E-state index is -0.337. The van der Waals surface area contributed by atoms with Gasteiger partial charge in [0, 0.05) is 6.04 Å². The van der Waals surface area contributed by atoms with Gasteiger partial charge in [0.1, 0.15) is 0 Å². The molecule has 0 amide bonds. The summed E-state index contributed by atoms with van der Waals surface area (Å²) in [6.07, 6.45) is 0. The Morgan fingerprint density at radius 1 is 1.53 bits per heavy atom. The Balaban J connectivity index is 2.30. The van der Waals surface area contributed by atoms with Gasteiger partial charge in [0.2, 0.25) is 0 Å². The van der Waals surface area contributed by atoms with Gasteiger partial charge in [-0.05, 0) is 31.5 Å². The van der Waals surface area contributed by atoms with Gasteiger partial charge < -0.3 is 15.2 Å². The summed E-state index contributed by atoms with van der Waals surface area (Å²) >= 11 is 0. The van der Waals surface area contributed by atoms with Gasteiger partial charge in [-0.2, -0.15) is 0 Å². The maximum Gasteiger partial charge on any atom is 0.165 e. The van der Waals surface area contributed by atoms with Crippen LogP contribution in [0.1, 0.15) is 19.4 Å². The van der Waals surface area contributed by atoms with Crippen LogP contribution in [0.3, 0.4) is 0 Å². The number of benzene rings is 1. The molecule has 2 rings (SSSR count). The standard InChI is InChI=1S/C13H18FNO2/c1-3-17-12-5-4-10(6-11(12)14)13(9(2)15)7-16-8-13/h4-6,9H,3,7-8,15H2,1-2H3. The monoisotopic (exact) mass is 239 g/mol. The third-order valence-electron chi connectivity index (χ3n) is 3.40. The van der Waals surface area contributed by atoms with E-state index in [0.717, 1.165) is 5.56 Å². The quantitative estimate of drug-likeness (QED) is 0.872. The van der Waals surface area contributed by atoms with Crippen LogP contribution in [0.5, 0.6) is 5.75 Å². The molecule has 1 atom stereocenters. The maximum absolute atomic E-state index is 13.8. The summed E-state index contributed by atoms with van der Waals surface area (Å²) in [7, 11) is 0. The lowest BCUT2D eigenvalue weighted by molar-refractivity contribution is -0.0703. The first-order chi connectivity index (χ1) is 8.10. The Morgan fingerprint density at radius 3 is 2.65 bits per heavy atom. The van der Waals surface area contributed by atoms with E-state index in [4.69, 9.17) is 15.2 Å². The largest absolute Gasteiger partial charge is 0.491 e. The van der Waals surface area contributed by atoms with Crippen LogP contribution in [0.2, 0.25) is 0 Å². The minimum absolute atomic E-state index is 0.0615. The molecule has 4 heteroatoms. The van der Waals surface area contributed by atoms with Crippen molar-refractivity contribution in [2.45, 2.75) is 25.3 Å². The lowest BCUT2D eigenvalue weighted by Gasteiger charge is -2.45. The summed E-state index contributed by atoms with van der Waals surface area (Å²) in [5, 5.41) is 0. The van der Waals surface area contributed by atoms with Gasteiger partial charge in [-0.3, -0.25) is 0 Å². The van der Waals surface area contributed by atoms with Crippen LogP contribution in [0, 0.1) is 5.82 Å². The van der Waals surface area contributed by atoms with E-state index in [1.54, 1.807) is 6.07 Å². The van der Waals surface area contributed by atoms with Gasteiger partial charge in [0.15, 0.2) is 11.6 Å². The Morgan fingerprint density at radius 2 is 2.24 bits per heavy atom. The summed E-state index contributed by atoms with van der Waals surface area (Å²) < 4.78 is 24.2. The van der Waals surface area contributed by atoms with Gasteiger partial charge in [0.05, 0.1) is 25.2 Å². The molecule has 0 bridgehead atoms. The van der Waals surface area contributed by atoms with Crippen molar-refractivity contribution in [1.82, 2.24) is 0 Å². The van der Waals surface area contributed by atoms with Crippen LogP contribution >= 0.6 is 0 Å². The van der Waals surface area contributed by atoms with Crippen LogP contribution in [-0.2, 0) is 10.2 Å². The first kappa shape index (κ1) is 12.3. The SMILES string of the molecule is CCOc1ccc(C2(C(C)N)COC2)cc1F. The van der Waals surface area contributed by atoms with Crippen molar-refractivity contribution in [3.05, 3.63) is 29.6 Å². The minimum Gasteiger partial charge on any atom is -0.491 e. The molecule has 1 fully saturated rings. The predicted octanol–water partition coefficient (Wildman–Crippen LogP) is 1.84. The Labute approximate surface area is 101 Å². The van der Waals surface area contributed by atoms with Crippen molar-refractivity contribution < 1.29 is 13.9 Å². The number of nitrogens with two attached hydrogens (primary N) is 1. The molecule has 0 spiro atoms.